The minimum absolute atomic E-state index is 0.0334. The summed E-state index contributed by atoms with van der Waals surface area (Å²) in [6.07, 6.45) is 5.10. The average Bonchev–Trinajstić information content (AvgIpc) is 3.33. The van der Waals surface area contributed by atoms with Crippen molar-refractivity contribution in [3.8, 4) is 0 Å². The molecule has 4 rings (SSSR count). The molecule has 2 aromatic rings. The Labute approximate surface area is 163 Å². The first-order valence-electron chi connectivity index (χ1n) is 9.44. The van der Waals surface area contributed by atoms with E-state index in [1.54, 1.807) is 17.5 Å². The Morgan fingerprint density at radius 3 is 2.96 bits per heavy atom. The number of aromatic nitrogens is 2. The van der Waals surface area contributed by atoms with Crippen LogP contribution < -0.4 is 5.32 Å². The van der Waals surface area contributed by atoms with E-state index in [9.17, 15) is 9.59 Å². The lowest BCUT2D eigenvalue weighted by atomic mass is 10.1. The van der Waals surface area contributed by atoms with E-state index in [0.29, 0.717) is 19.6 Å². The normalized spacial score (nSPS) is 19.8. The quantitative estimate of drug-likeness (QED) is 0.859. The van der Waals surface area contributed by atoms with Crippen LogP contribution in [-0.2, 0) is 29.6 Å². The first-order chi connectivity index (χ1) is 13.1. The van der Waals surface area contributed by atoms with Crippen LogP contribution in [0.2, 0.25) is 0 Å². The second kappa shape index (κ2) is 7.82. The molecule has 8 heteroatoms. The lowest BCUT2D eigenvalue weighted by molar-refractivity contribution is -0.139. The second-order valence-electron chi connectivity index (χ2n) is 7.14. The summed E-state index contributed by atoms with van der Waals surface area (Å²) in [6, 6.07) is 2.02. The molecule has 0 bridgehead atoms. The fourth-order valence-corrected chi connectivity index (χ4v) is 4.80. The summed E-state index contributed by atoms with van der Waals surface area (Å²) in [6.45, 7) is 3.54. The molecule has 4 heterocycles. The zero-order valence-electron chi connectivity index (χ0n) is 15.6. The number of rotatable bonds is 4. The van der Waals surface area contributed by atoms with Crippen molar-refractivity contribution in [2.45, 2.75) is 31.8 Å². The number of nitrogens with one attached hydrogen (secondary N) is 1. The number of piperazine rings is 1. The number of hydrogen-bond acceptors (Lipinski definition) is 5. The van der Waals surface area contributed by atoms with Gasteiger partial charge in [0.25, 0.3) is 0 Å². The molecule has 144 valence electrons. The molecule has 0 radical (unpaired) electrons. The largest absolute Gasteiger partial charge is 0.338 e. The van der Waals surface area contributed by atoms with E-state index in [2.05, 4.69) is 21.7 Å². The van der Waals surface area contributed by atoms with Crippen molar-refractivity contribution in [1.29, 1.82) is 0 Å². The minimum atomic E-state index is -0.0790. The molecule has 0 spiro atoms. The van der Waals surface area contributed by atoms with Gasteiger partial charge < -0.3 is 19.7 Å². The van der Waals surface area contributed by atoms with Crippen molar-refractivity contribution in [2.24, 2.45) is 7.05 Å². The van der Waals surface area contributed by atoms with Gasteiger partial charge in [0.1, 0.15) is 11.9 Å². The molecule has 2 aliphatic heterocycles. The maximum absolute atomic E-state index is 12.9. The van der Waals surface area contributed by atoms with Gasteiger partial charge in [0.15, 0.2) is 0 Å². The van der Waals surface area contributed by atoms with E-state index in [1.165, 1.54) is 10.4 Å². The summed E-state index contributed by atoms with van der Waals surface area (Å²) in [5.41, 5.74) is 1.25. The third kappa shape index (κ3) is 3.77. The highest BCUT2D eigenvalue weighted by Gasteiger charge is 2.31. The van der Waals surface area contributed by atoms with Crippen LogP contribution >= 0.6 is 11.3 Å². The monoisotopic (exact) mass is 387 g/mol. The number of nitrogens with zero attached hydrogens (tertiary/aromatic N) is 4. The Balaban J connectivity index is 1.35. The Morgan fingerprint density at radius 1 is 1.30 bits per heavy atom. The number of carbonyl (C=O) groups is 2. The van der Waals surface area contributed by atoms with Gasteiger partial charge in [-0.05, 0) is 23.4 Å². The predicted octanol–water partition coefficient (Wildman–Crippen LogP) is 1.32. The van der Waals surface area contributed by atoms with Crippen molar-refractivity contribution in [3.63, 3.8) is 0 Å². The Morgan fingerprint density at radius 2 is 2.15 bits per heavy atom. The van der Waals surface area contributed by atoms with Crippen LogP contribution in [0.4, 0.5) is 0 Å². The third-order valence-corrected chi connectivity index (χ3v) is 6.46. The summed E-state index contributed by atoms with van der Waals surface area (Å²) in [5, 5.41) is 5.42. The smallest absolute Gasteiger partial charge is 0.223 e. The zero-order valence-corrected chi connectivity index (χ0v) is 16.4. The molecule has 27 heavy (non-hydrogen) atoms. The molecule has 7 nitrogen and oxygen atoms in total. The molecule has 1 fully saturated rings. The van der Waals surface area contributed by atoms with E-state index in [-0.39, 0.29) is 30.7 Å². The topological polar surface area (TPSA) is 70.5 Å². The number of imidazole rings is 1. The van der Waals surface area contributed by atoms with Crippen molar-refractivity contribution in [2.75, 3.05) is 26.2 Å². The standard InChI is InChI=1S/C19H25N5O2S/c1-22-9-7-21-19(22)15-12-20-6-10-24(15)18(26)3-2-17(25)23-8-4-16-14(13-23)5-11-27-16/h5,7,9,11,15,20H,2-4,6,8,10,12-13H2,1H3. The van der Waals surface area contributed by atoms with Crippen molar-refractivity contribution in [3.05, 3.63) is 40.1 Å². The molecule has 0 aliphatic carbocycles. The summed E-state index contributed by atoms with van der Waals surface area (Å²) >= 11 is 1.76. The highest BCUT2D eigenvalue weighted by molar-refractivity contribution is 7.10. The highest BCUT2D eigenvalue weighted by Crippen LogP contribution is 2.25. The van der Waals surface area contributed by atoms with Gasteiger partial charge in [0.05, 0.1) is 0 Å². The molecule has 0 saturated carbocycles. The lowest BCUT2D eigenvalue weighted by Crippen LogP contribution is -2.49. The molecule has 1 N–H and O–H groups in total. The Kier molecular flexibility index (Phi) is 5.27. The zero-order chi connectivity index (χ0) is 18.8. The van der Waals surface area contributed by atoms with E-state index < -0.39 is 0 Å². The van der Waals surface area contributed by atoms with Gasteiger partial charge in [0, 0.05) is 69.9 Å². The summed E-state index contributed by atoms with van der Waals surface area (Å²) < 4.78 is 1.95. The molecule has 1 unspecified atom stereocenters. The SMILES string of the molecule is Cn1ccnc1C1CNCCN1C(=O)CCC(=O)N1CCc2sccc2C1. The Bertz CT molecular complexity index is 830. The van der Waals surface area contributed by atoms with Gasteiger partial charge >= 0.3 is 0 Å². The fraction of sp³-hybridized carbons (Fsp3) is 0.526. The number of aryl methyl sites for hydroxylation is 1. The van der Waals surface area contributed by atoms with Gasteiger partial charge in [-0.25, -0.2) is 4.98 Å². The van der Waals surface area contributed by atoms with Crippen LogP contribution in [0.15, 0.2) is 23.8 Å². The van der Waals surface area contributed by atoms with E-state index in [1.807, 2.05) is 27.6 Å². The fourth-order valence-electron chi connectivity index (χ4n) is 3.91. The minimum Gasteiger partial charge on any atom is -0.338 e. The van der Waals surface area contributed by atoms with Crippen molar-refractivity contribution in [1.82, 2.24) is 24.7 Å². The summed E-state index contributed by atoms with van der Waals surface area (Å²) in [7, 11) is 1.94. The van der Waals surface area contributed by atoms with E-state index >= 15 is 0 Å². The maximum Gasteiger partial charge on any atom is 0.223 e. The number of fused-ring (bicyclic) bond motifs is 1. The van der Waals surface area contributed by atoms with Gasteiger partial charge in [-0.3, -0.25) is 9.59 Å². The summed E-state index contributed by atoms with van der Waals surface area (Å²) in [4.78, 5) is 35.0. The van der Waals surface area contributed by atoms with Crippen LogP contribution in [0.5, 0.6) is 0 Å². The average molecular weight is 388 g/mol. The molecular weight excluding hydrogens is 362 g/mol. The Hall–Kier alpha value is -2.19. The first-order valence-corrected chi connectivity index (χ1v) is 10.3. The van der Waals surface area contributed by atoms with E-state index in [0.717, 1.165) is 25.3 Å². The highest BCUT2D eigenvalue weighted by atomic mass is 32.1. The number of hydrogen-bond donors (Lipinski definition) is 1. The molecular formula is C19H25N5O2S. The maximum atomic E-state index is 12.9. The van der Waals surface area contributed by atoms with Crippen LogP contribution in [0.3, 0.4) is 0 Å². The molecule has 0 aromatic carbocycles. The van der Waals surface area contributed by atoms with E-state index in [4.69, 9.17) is 0 Å². The lowest BCUT2D eigenvalue weighted by Gasteiger charge is -2.36. The van der Waals surface area contributed by atoms with Crippen molar-refractivity contribution < 1.29 is 9.59 Å². The second-order valence-corrected chi connectivity index (χ2v) is 8.14. The summed E-state index contributed by atoms with van der Waals surface area (Å²) in [5.74, 6) is 0.984. The molecule has 2 amide bonds. The third-order valence-electron chi connectivity index (χ3n) is 5.43. The molecule has 1 atom stereocenters. The van der Waals surface area contributed by atoms with Gasteiger partial charge in [-0.2, -0.15) is 0 Å². The van der Waals surface area contributed by atoms with Crippen LogP contribution in [-0.4, -0.2) is 57.3 Å². The number of carbonyl (C=O) groups excluding carboxylic acids is 2. The van der Waals surface area contributed by atoms with Gasteiger partial charge in [-0.1, -0.05) is 0 Å². The van der Waals surface area contributed by atoms with Gasteiger partial charge in [0.2, 0.25) is 11.8 Å². The molecule has 2 aliphatic rings. The number of amides is 2. The number of thiophene rings is 1. The predicted molar refractivity (Wildman–Crippen MR) is 103 cm³/mol. The van der Waals surface area contributed by atoms with Crippen LogP contribution in [0, 0.1) is 0 Å². The van der Waals surface area contributed by atoms with Crippen molar-refractivity contribution >= 4 is 23.2 Å². The molecule has 2 aromatic heterocycles. The van der Waals surface area contributed by atoms with Crippen LogP contribution in [0.1, 0.15) is 35.1 Å². The van der Waals surface area contributed by atoms with Gasteiger partial charge in [-0.15, -0.1) is 11.3 Å². The molecule has 1 saturated heterocycles. The first kappa shape index (κ1) is 18.2. The van der Waals surface area contributed by atoms with Crippen LogP contribution in [0.25, 0.3) is 0 Å².